The van der Waals surface area contributed by atoms with Crippen molar-refractivity contribution in [1.29, 1.82) is 0 Å². The Labute approximate surface area is 101 Å². The molecule has 2 unspecified atom stereocenters. The summed E-state index contributed by atoms with van der Waals surface area (Å²) >= 11 is 0. The summed E-state index contributed by atoms with van der Waals surface area (Å²) in [6.45, 7) is 16.2. The van der Waals surface area contributed by atoms with Crippen molar-refractivity contribution in [3.8, 4) is 0 Å². The Hall–Kier alpha value is -0.0800. The quantitative estimate of drug-likeness (QED) is 0.682. The highest BCUT2D eigenvalue weighted by atomic mass is 16.5. The van der Waals surface area contributed by atoms with E-state index in [4.69, 9.17) is 4.74 Å². The number of likely N-dealkylation sites (tertiary alicyclic amines) is 1. The van der Waals surface area contributed by atoms with Crippen LogP contribution in [0.1, 0.15) is 48.0 Å². The molecule has 2 nitrogen and oxygen atoms in total. The number of ether oxygens (including phenoxy) is 1. The Kier molecular flexibility index (Phi) is 4.07. The van der Waals surface area contributed by atoms with E-state index in [0.717, 1.165) is 12.5 Å². The smallest absolute Gasteiger partial charge is 0.0701 e. The van der Waals surface area contributed by atoms with E-state index in [1.807, 2.05) is 7.11 Å². The van der Waals surface area contributed by atoms with Crippen LogP contribution in [0.25, 0.3) is 0 Å². The predicted octanol–water partition coefficient (Wildman–Crippen LogP) is 3.17. The van der Waals surface area contributed by atoms with Gasteiger partial charge in [0, 0.05) is 25.7 Å². The topological polar surface area (TPSA) is 12.5 Å². The van der Waals surface area contributed by atoms with Crippen LogP contribution in [0, 0.1) is 11.3 Å². The summed E-state index contributed by atoms with van der Waals surface area (Å²) < 4.78 is 5.60. The number of methoxy groups -OCH3 is 1. The lowest BCUT2D eigenvalue weighted by Crippen LogP contribution is -2.54. The van der Waals surface area contributed by atoms with Crippen LogP contribution in [-0.4, -0.2) is 36.7 Å². The van der Waals surface area contributed by atoms with Crippen LogP contribution >= 0.6 is 0 Å². The number of nitrogens with zero attached hydrogens (tertiary/aromatic N) is 1. The van der Waals surface area contributed by atoms with Crippen LogP contribution in [0.15, 0.2) is 0 Å². The lowest BCUT2D eigenvalue weighted by Gasteiger charge is -2.48. The molecule has 1 aliphatic rings. The van der Waals surface area contributed by atoms with Gasteiger partial charge in [0.2, 0.25) is 0 Å². The van der Waals surface area contributed by atoms with Gasteiger partial charge < -0.3 is 4.74 Å². The van der Waals surface area contributed by atoms with E-state index in [0.29, 0.717) is 11.5 Å². The average molecular weight is 227 g/mol. The van der Waals surface area contributed by atoms with Crippen LogP contribution in [-0.2, 0) is 4.74 Å². The first-order chi connectivity index (χ1) is 7.14. The minimum atomic E-state index is 0.251. The number of rotatable bonds is 1. The second kappa shape index (κ2) is 4.66. The van der Waals surface area contributed by atoms with E-state index in [1.54, 1.807) is 0 Å². The summed E-state index contributed by atoms with van der Waals surface area (Å²) in [6.07, 6.45) is 1.60. The molecule has 0 aromatic carbocycles. The van der Waals surface area contributed by atoms with Gasteiger partial charge in [-0.25, -0.2) is 0 Å². The molecule has 1 fully saturated rings. The number of hydrogen-bond acceptors (Lipinski definition) is 2. The molecule has 0 amide bonds. The summed E-state index contributed by atoms with van der Waals surface area (Å²) in [6, 6.07) is 0. The third kappa shape index (κ3) is 3.46. The van der Waals surface area contributed by atoms with E-state index in [-0.39, 0.29) is 5.54 Å². The third-order valence-corrected chi connectivity index (χ3v) is 3.92. The van der Waals surface area contributed by atoms with Crippen molar-refractivity contribution in [2.24, 2.45) is 11.3 Å². The summed E-state index contributed by atoms with van der Waals surface area (Å²) in [5, 5.41) is 0. The van der Waals surface area contributed by atoms with Crippen LogP contribution in [0.3, 0.4) is 0 Å². The highest BCUT2D eigenvalue weighted by Crippen LogP contribution is 2.36. The summed E-state index contributed by atoms with van der Waals surface area (Å²) in [7, 11) is 1.84. The van der Waals surface area contributed by atoms with Gasteiger partial charge in [-0.3, -0.25) is 4.90 Å². The molecule has 1 heterocycles. The molecule has 1 aliphatic heterocycles. The van der Waals surface area contributed by atoms with E-state index in [2.05, 4.69) is 46.4 Å². The van der Waals surface area contributed by atoms with Gasteiger partial charge in [0.25, 0.3) is 0 Å². The Bertz CT molecular complexity index is 202. The largest absolute Gasteiger partial charge is 0.380 e. The monoisotopic (exact) mass is 227 g/mol. The van der Waals surface area contributed by atoms with Crippen LogP contribution < -0.4 is 0 Å². The van der Waals surface area contributed by atoms with E-state index in [1.165, 1.54) is 13.0 Å². The van der Waals surface area contributed by atoms with Crippen LogP contribution in [0.2, 0.25) is 0 Å². The molecule has 2 heteroatoms. The fraction of sp³-hybridized carbons (Fsp3) is 1.00. The fourth-order valence-electron chi connectivity index (χ4n) is 2.40. The minimum Gasteiger partial charge on any atom is -0.380 e. The van der Waals surface area contributed by atoms with Crippen molar-refractivity contribution in [3.63, 3.8) is 0 Å². The van der Waals surface area contributed by atoms with E-state index >= 15 is 0 Å². The molecule has 0 aromatic heterocycles. The van der Waals surface area contributed by atoms with Gasteiger partial charge in [-0.05, 0) is 38.5 Å². The first-order valence-electron chi connectivity index (χ1n) is 6.42. The molecular formula is C14H29NO. The highest BCUT2D eigenvalue weighted by Gasteiger charge is 2.37. The Morgan fingerprint density at radius 3 is 1.94 bits per heavy atom. The molecule has 0 radical (unpaired) electrons. The van der Waals surface area contributed by atoms with Crippen molar-refractivity contribution in [3.05, 3.63) is 0 Å². The van der Waals surface area contributed by atoms with Gasteiger partial charge in [-0.15, -0.1) is 0 Å². The molecule has 1 saturated heterocycles. The van der Waals surface area contributed by atoms with Crippen molar-refractivity contribution < 1.29 is 4.74 Å². The third-order valence-electron chi connectivity index (χ3n) is 3.92. The maximum Gasteiger partial charge on any atom is 0.0701 e. The molecule has 2 atom stereocenters. The molecule has 0 N–H and O–H groups in total. The molecule has 0 spiro atoms. The summed E-state index contributed by atoms with van der Waals surface area (Å²) in [4.78, 5) is 2.57. The zero-order valence-electron chi connectivity index (χ0n) is 12.1. The molecule has 16 heavy (non-hydrogen) atoms. The maximum absolute atomic E-state index is 5.60. The zero-order chi connectivity index (χ0) is 12.6. The predicted molar refractivity (Wildman–Crippen MR) is 69.7 cm³/mol. The maximum atomic E-state index is 5.60. The summed E-state index contributed by atoms with van der Waals surface area (Å²) in [5.41, 5.74) is 0.626. The van der Waals surface area contributed by atoms with Crippen LogP contribution in [0.5, 0.6) is 0 Å². The number of hydrogen-bond donors (Lipinski definition) is 0. The van der Waals surface area contributed by atoms with Gasteiger partial charge in [-0.2, -0.15) is 0 Å². The van der Waals surface area contributed by atoms with Crippen molar-refractivity contribution in [2.75, 3.05) is 20.2 Å². The lowest BCUT2D eigenvalue weighted by atomic mass is 9.74. The van der Waals surface area contributed by atoms with E-state index in [9.17, 15) is 0 Å². The Balaban J connectivity index is 2.77. The number of piperidine rings is 1. The first-order valence-corrected chi connectivity index (χ1v) is 6.42. The van der Waals surface area contributed by atoms with Gasteiger partial charge in [0.1, 0.15) is 0 Å². The fourth-order valence-corrected chi connectivity index (χ4v) is 2.40. The van der Waals surface area contributed by atoms with Crippen molar-refractivity contribution in [1.82, 2.24) is 4.90 Å². The van der Waals surface area contributed by atoms with Gasteiger partial charge in [-0.1, -0.05) is 20.8 Å². The molecule has 96 valence electrons. The molecule has 1 rings (SSSR count). The molecule has 0 saturated carbocycles. The second-order valence-electron chi connectivity index (χ2n) is 7.23. The highest BCUT2D eigenvalue weighted by molar-refractivity contribution is 4.90. The van der Waals surface area contributed by atoms with Crippen LogP contribution in [0.4, 0.5) is 0 Å². The van der Waals surface area contributed by atoms with Crippen molar-refractivity contribution in [2.45, 2.75) is 59.6 Å². The van der Waals surface area contributed by atoms with Gasteiger partial charge in [0.15, 0.2) is 0 Å². The molecule has 0 bridgehead atoms. The molecule has 0 aliphatic carbocycles. The van der Waals surface area contributed by atoms with Gasteiger partial charge in [0.05, 0.1) is 6.10 Å². The van der Waals surface area contributed by atoms with Crippen molar-refractivity contribution >= 4 is 0 Å². The van der Waals surface area contributed by atoms with E-state index < -0.39 is 0 Å². The minimum absolute atomic E-state index is 0.251. The Morgan fingerprint density at radius 2 is 1.56 bits per heavy atom. The zero-order valence-corrected chi connectivity index (χ0v) is 12.1. The normalized spacial score (nSPS) is 29.4. The second-order valence-corrected chi connectivity index (χ2v) is 7.23. The lowest BCUT2D eigenvalue weighted by molar-refractivity contribution is -0.0495. The SMILES string of the molecule is COC1CC(C(C)(C)C)CN(C(C)(C)C)C1. The standard InChI is InChI=1S/C14H29NO/c1-13(2,3)11-8-12(16-7)10-15(9-11)14(4,5)6/h11-12H,8-10H2,1-7H3. The average Bonchev–Trinajstić information content (AvgIpc) is 2.14. The van der Waals surface area contributed by atoms with Gasteiger partial charge >= 0.3 is 0 Å². The first kappa shape index (κ1) is 14.0. The Morgan fingerprint density at radius 1 is 1.00 bits per heavy atom. The summed E-state index contributed by atoms with van der Waals surface area (Å²) in [5.74, 6) is 0.727. The molecule has 0 aromatic rings. The molecular weight excluding hydrogens is 198 g/mol.